The lowest BCUT2D eigenvalue weighted by molar-refractivity contribution is 0.669. The van der Waals surface area contributed by atoms with Crippen LogP contribution in [0.15, 0.2) is 174 Å². The van der Waals surface area contributed by atoms with Crippen molar-refractivity contribution in [3.63, 3.8) is 0 Å². The first-order chi connectivity index (χ1) is 24.8. The Morgan fingerprint density at radius 1 is 0.440 bits per heavy atom. The molecule has 0 aliphatic heterocycles. The molecule has 11 aromatic rings. The molecule has 11 rings (SSSR count). The van der Waals surface area contributed by atoms with E-state index in [9.17, 15) is 0 Å². The molecule has 0 saturated heterocycles. The number of hydrogen-bond donors (Lipinski definition) is 0. The summed E-state index contributed by atoms with van der Waals surface area (Å²) in [6.07, 6.45) is 0. The maximum absolute atomic E-state index is 6.59. The van der Waals surface area contributed by atoms with E-state index in [2.05, 4.69) is 179 Å². The van der Waals surface area contributed by atoms with Crippen LogP contribution in [-0.2, 0) is 0 Å². The highest BCUT2D eigenvalue weighted by molar-refractivity contribution is 7.25. The van der Waals surface area contributed by atoms with Crippen LogP contribution in [0.25, 0.3) is 80.4 Å². The highest BCUT2D eigenvalue weighted by atomic mass is 32.1. The standard InChI is InChI=1S/C46H28N2OS/c1-2-13-31(14-3-1)48-39-17-8-6-15-34(39)36-27-32(21-23-40(36)48)47(33-22-24-45-37(28-33)35-16-7-9-20-44(35)50-45)41-18-10-19-42-46(41)38-25-29-11-4-5-12-30(29)26-43(38)49-42/h1-28H. The quantitative estimate of drug-likeness (QED) is 0.188. The van der Waals surface area contributed by atoms with Crippen LogP contribution in [-0.4, -0.2) is 4.57 Å². The molecule has 4 heteroatoms. The molecule has 0 saturated carbocycles. The predicted octanol–water partition coefficient (Wildman–Crippen LogP) is 13.7. The zero-order valence-corrected chi connectivity index (χ0v) is 27.7. The third-order valence-corrected chi connectivity index (χ3v) is 11.3. The Morgan fingerprint density at radius 3 is 2.00 bits per heavy atom. The first kappa shape index (κ1) is 27.6. The van der Waals surface area contributed by atoms with Crippen molar-refractivity contribution < 1.29 is 4.42 Å². The van der Waals surface area contributed by atoms with Gasteiger partial charge in [0.05, 0.1) is 22.1 Å². The number of fused-ring (bicyclic) bond motifs is 10. The monoisotopic (exact) mass is 656 g/mol. The second-order valence-corrected chi connectivity index (χ2v) is 14.0. The van der Waals surface area contributed by atoms with Crippen molar-refractivity contribution in [1.82, 2.24) is 4.57 Å². The molecule has 0 amide bonds. The van der Waals surface area contributed by atoms with Crippen LogP contribution in [0, 0.1) is 0 Å². The van der Waals surface area contributed by atoms with Crippen molar-refractivity contribution in [3.8, 4) is 5.69 Å². The van der Waals surface area contributed by atoms with Crippen LogP contribution >= 0.6 is 11.3 Å². The average Bonchev–Trinajstić information content (AvgIpc) is 3.83. The minimum atomic E-state index is 0.877. The first-order valence-corrected chi connectivity index (χ1v) is 17.7. The van der Waals surface area contributed by atoms with Crippen molar-refractivity contribution in [2.24, 2.45) is 0 Å². The average molecular weight is 657 g/mol. The summed E-state index contributed by atoms with van der Waals surface area (Å²) in [4.78, 5) is 2.42. The van der Waals surface area contributed by atoms with Gasteiger partial charge >= 0.3 is 0 Å². The second-order valence-electron chi connectivity index (χ2n) is 13.0. The Morgan fingerprint density at radius 2 is 1.12 bits per heavy atom. The molecule has 50 heavy (non-hydrogen) atoms. The van der Waals surface area contributed by atoms with Crippen LogP contribution < -0.4 is 4.90 Å². The third-order valence-electron chi connectivity index (χ3n) is 10.1. The van der Waals surface area contributed by atoms with Gasteiger partial charge in [-0.2, -0.15) is 0 Å². The van der Waals surface area contributed by atoms with Crippen LogP contribution in [0.4, 0.5) is 17.1 Å². The minimum absolute atomic E-state index is 0.877. The summed E-state index contributed by atoms with van der Waals surface area (Å²) in [5.74, 6) is 0. The molecule has 8 aromatic carbocycles. The molecule has 0 unspecified atom stereocenters. The predicted molar refractivity (Wildman–Crippen MR) is 213 cm³/mol. The number of anilines is 3. The zero-order chi connectivity index (χ0) is 32.8. The molecular weight excluding hydrogens is 629 g/mol. The Hall–Kier alpha value is -6.36. The Bertz CT molecular complexity index is 3110. The van der Waals surface area contributed by atoms with Crippen LogP contribution in [0.2, 0.25) is 0 Å². The smallest absolute Gasteiger partial charge is 0.137 e. The molecule has 0 aliphatic carbocycles. The van der Waals surface area contributed by atoms with Crippen LogP contribution in [0.5, 0.6) is 0 Å². The summed E-state index contributed by atoms with van der Waals surface area (Å²) in [5.41, 5.74) is 8.58. The fourth-order valence-electron chi connectivity index (χ4n) is 7.91. The van der Waals surface area contributed by atoms with Gasteiger partial charge in [0.2, 0.25) is 0 Å². The highest BCUT2D eigenvalue weighted by Crippen LogP contribution is 2.46. The fourth-order valence-corrected chi connectivity index (χ4v) is 9.00. The van der Waals surface area contributed by atoms with E-state index in [1.807, 2.05) is 11.3 Å². The molecule has 0 atom stereocenters. The Balaban J connectivity index is 1.22. The van der Waals surface area contributed by atoms with Gasteiger partial charge in [-0.15, -0.1) is 11.3 Å². The van der Waals surface area contributed by atoms with Gasteiger partial charge in [0.25, 0.3) is 0 Å². The Labute approximate surface area is 291 Å². The number of nitrogens with zero attached hydrogens (tertiary/aromatic N) is 2. The van der Waals surface area contributed by atoms with Crippen molar-refractivity contribution >= 4 is 103 Å². The number of furan rings is 1. The van der Waals surface area contributed by atoms with E-state index >= 15 is 0 Å². The van der Waals surface area contributed by atoms with E-state index in [1.165, 1.54) is 52.8 Å². The summed E-state index contributed by atoms with van der Waals surface area (Å²) >= 11 is 1.85. The van der Waals surface area contributed by atoms with Gasteiger partial charge in [-0.25, -0.2) is 0 Å². The zero-order valence-electron chi connectivity index (χ0n) is 26.9. The van der Waals surface area contributed by atoms with Gasteiger partial charge in [-0.3, -0.25) is 0 Å². The number of para-hydroxylation sites is 2. The molecule has 0 N–H and O–H groups in total. The summed E-state index contributed by atoms with van der Waals surface area (Å²) in [5, 5.41) is 9.59. The van der Waals surface area contributed by atoms with E-state index in [0.717, 1.165) is 44.7 Å². The summed E-state index contributed by atoms with van der Waals surface area (Å²) in [7, 11) is 0. The first-order valence-electron chi connectivity index (χ1n) is 16.9. The van der Waals surface area contributed by atoms with E-state index in [1.54, 1.807) is 0 Å². The summed E-state index contributed by atoms with van der Waals surface area (Å²) < 4.78 is 11.6. The molecule has 0 spiro atoms. The van der Waals surface area contributed by atoms with Crippen molar-refractivity contribution in [1.29, 1.82) is 0 Å². The van der Waals surface area contributed by atoms with Gasteiger partial charge in [0.1, 0.15) is 11.2 Å². The fraction of sp³-hybridized carbons (Fsp3) is 0. The number of benzene rings is 8. The molecule has 3 nitrogen and oxygen atoms in total. The van der Waals surface area contributed by atoms with E-state index in [4.69, 9.17) is 4.42 Å². The van der Waals surface area contributed by atoms with Crippen molar-refractivity contribution in [2.75, 3.05) is 4.90 Å². The molecule has 234 valence electrons. The second kappa shape index (κ2) is 10.6. The van der Waals surface area contributed by atoms with Gasteiger partial charge < -0.3 is 13.9 Å². The number of hydrogen-bond acceptors (Lipinski definition) is 3. The molecule has 0 bridgehead atoms. The lowest BCUT2D eigenvalue weighted by Crippen LogP contribution is -2.10. The van der Waals surface area contributed by atoms with E-state index in [0.29, 0.717) is 0 Å². The molecule has 0 radical (unpaired) electrons. The molecule has 3 heterocycles. The molecule has 3 aromatic heterocycles. The van der Waals surface area contributed by atoms with Crippen LogP contribution in [0.3, 0.4) is 0 Å². The van der Waals surface area contributed by atoms with Gasteiger partial charge in [-0.05, 0) is 95.7 Å². The van der Waals surface area contributed by atoms with E-state index < -0.39 is 0 Å². The molecular formula is C46H28N2OS. The number of thiophene rings is 1. The highest BCUT2D eigenvalue weighted by Gasteiger charge is 2.22. The topological polar surface area (TPSA) is 21.3 Å². The van der Waals surface area contributed by atoms with E-state index in [-0.39, 0.29) is 0 Å². The maximum Gasteiger partial charge on any atom is 0.137 e. The number of aromatic nitrogens is 1. The lowest BCUT2D eigenvalue weighted by Gasteiger charge is -2.26. The Kier molecular flexibility index (Phi) is 5.83. The third kappa shape index (κ3) is 4.03. The molecule has 0 fully saturated rings. The normalized spacial score (nSPS) is 12.0. The maximum atomic E-state index is 6.59. The summed E-state index contributed by atoms with van der Waals surface area (Å²) in [6, 6.07) is 61.3. The van der Waals surface area contributed by atoms with Gasteiger partial charge in [0.15, 0.2) is 0 Å². The van der Waals surface area contributed by atoms with Crippen molar-refractivity contribution in [3.05, 3.63) is 170 Å². The lowest BCUT2D eigenvalue weighted by atomic mass is 10.0. The molecule has 0 aliphatic rings. The SMILES string of the molecule is c1ccc(-n2c3ccccc3c3cc(N(c4ccc5sc6ccccc6c5c4)c4cccc5oc6cc7ccccc7cc6c45)ccc32)cc1. The van der Waals surface area contributed by atoms with Gasteiger partial charge in [-0.1, -0.05) is 84.9 Å². The summed E-state index contributed by atoms with van der Waals surface area (Å²) in [6.45, 7) is 0. The largest absolute Gasteiger partial charge is 0.456 e. The van der Waals surface area contributed by atoms with Gasteiger partial charge in [0, 0.05) is 53.4 Å². The van der Waals surface area contributed by atoms with Crippen molar-refractivity contribution in [2.45, 2.75) is 0 Å². The minimum Gasteiger partial charge on any atom is -0.456 e. The van der Waals surface area contributed by atoms with Crippen LogP contribution in [0.1, 0.15) is 0 Å². The number of rotatable bonds is 4.